The molecule has 0 radical (unpaired) electrons. The summed E-state index contributed by atoms with van der Waals surface area (Å²) in [6.07, 6.45) is 3.07. The lowest BCUT2D eigenvalue weighted by Gasteiger charge is -2.11. The Labute approximate surface area is 171 Å². The van der Waals surface area contributed by atoms with Crippen LogP contribution in [0.25, 0.3) is 33.3 Å². The molecule has 0 saturated heterocycles. The lowest BCUT2D eigenvalue weighted by molar-refractivity contribution is 0.748. The zero-order valence-corrected chi connectivity index (χ0v) is 16.9. The highest BCUT2D eigenvalue weighted by Gasteiger charge is 2.17. The van der Waals surface area contributed by atoms with Gasteiger partial charge in [0.15, 0.2) is 0 Å². The molecule has 3 heteroatoms. The lowest BCUT2D eigenvalue weighted by atomic mass is 9.93. The van der Waals surface area contributed by atoms with Crippen molar-refractivity contribution >= 4 is 22.5 Å². The number of aryl methyl sites for hydroxylation is 2. The van der Waals surface area contributed by atoms with Gasteiger partial charge in [-0.25, -0.2) is 0 Å². The average Bonchev–Trinajstić information content (AvgIpc) is 3.07. The van der Waals surface area contributed by atoms with Crippen molar-refractivity contribution in [1.82, 2.24) is 4.98 Å². The highest BCUT2D eigenvalue weighted by Crippen LogP contribution is 2.39. The molecule has 0 aliphatic rings. The standard InChI is InChI=1S/C25H25ClN2/c1-17-15-19(26)16-23-22(13-7-8-14-27)25(28-24(17)23)21-12-6-5-11-20(21)18-9-3-2-4-10-18/h2-6,9-12,15-16,28H,7-8,13-14,27H2,1H3. The van der Waals surface area contributed by atoms with E-state index in [1.807, 2.05) is 6.07 Å². The molecule has 0 spiro atoms. The van der Waals surface area contributed by atoms with E-state index in [1.54, 1.807) is 0 Å². The molecule has 0 fully saturated rings. The average molecular weight is 389 g/mol. The molecular weight excluding hydrogens is 364 g/mol. The number of hydrogen-bond acceptors (Lipinski definition) is 1. The molecule has 0 aliphatic carbocycles. The van der Waals surface area contributed by atoms with E-state index in [0.29, 0.717) is 0 Å². The number of H-pyrrole nitrogens is 1. The van der Waals surface area contributed by atoms with Crippen molar-refractivity contribution in [3.8, 4) is 22.4 Å². The van der Waals surface area contributed by atoms with Crippen molar-refractivity contribution in [2.24, 2.45) is 5.73 Å². The largest absolute Gasteiger partial charge is 0.354 e. The fourth-order valence-corrected chi connectivity index (χ4v) is 4.26. The molecule has 0 saturated carbocycles. The molecule has 3 N–H and O–H groups in total. The van der Waals surface area contributed by atoms with Crippen LogP contribution < -0.4 is 5.73 Å². The van der Waals surface area contributed by atoms with E-state index >= 15 is 0 Å². The summed E-state index contributed by atoms with van der Waals surface area (Å²) in [7, 11) is 0. The second-order valence-corrected chi connectivity index (χ2v) is 7.72. The summed E-state index contributed by atoms with van der Waals surface area (Å²) < 4.78 is 0. The molecular formula is C25H25ClN2. The van der Waals surface area contributed by atoms with E-state index in [2.05, 4.69) is 72.6 Å². The van der Waals surface area contributed by atoms with Gasteiger partial charge in [-0.2, -0.15) is 0 Å². The number of halogens is 1. The third-order valence-electron chi connectivity index (χ3n) is 5.34. The Bertz CT molecular complexity index is 1100. The fourth-order valence-electron chi connectivity index (χ4n) is 3.99. The number of fused-ring (bicyclic) bond motifs is 1. The van der Waals surface area contributed by atoms with Crippen LogP contribution in [-0.4, -0.2) is 11.5 Å². The smallest absolute Gasteiger partial charge is 0.0503 e. The van der Waals surface area contributed by atoms with Crippen LogP contribution in [0.2, 0.25) is 5.02 Å². The number of nitrogens with two attached hydrogens (primary N) is 1. The zero-order valence-electron chi connectivity index (χ0n) is 16.1. The fraction of sp³-hybridized carbons (Fsp3) is 0.200. The molecule has 0 aliphatic heterocycles. The van der Waals surface area contributed by atoms with Crippen LogP contribution in [0.1, 0.15) is 24.0 Å². The summed E-state index contributed by atoms with van der Waals surface area (Å²) in [6, 6.07) is 23.3. The van der Waals surface area contributed by atoms with Crippen molar-refractivity contribution in [3.63, 3.8) is 0 Å². The van der Waals surface area contributed by atoms with Gasteiger partial charge >= 0.3 is 0 Å². The Morgan fingerprint density at radius 2 is 1.61 bits per heavy atom. The summed E-state index contributed by atoms with van der Waals surface area (Å²) in [4.78, 5) is 3.72. The molecule has 1 heterocycles. The van der Waals surface area contributed by atoms with E-state index in [0.717, 1.165) is 30.8 Å². The minimum atomic E-state index is 0.720. The van der Waals surface area contributed by atoms with Crippen molar-refractivity contribution < 1.29 is 0 Å². The monoisotopic (exact) mass is 388 g/mol. The molecule has 0 atom stereocenters. The number of rotatable bonds is 6. The molecule has 2 nitrogen and oxygen atoms in total. The van der Waals surface area contributed by atoms with Crippen LogP contribution in [0.5, 0.6) is 0 Å². The molecule has 4 rings (SSSR count). The molecule has 0 amide bonds. The Balaban J connectivity index is 1.94. The van der Waals surface area contributed by atoms with Crippen molar-refractivity contribution in [1.29, 1.82) is 0 Å². The van der Waals surface area contributed by atoms with Crippen LogP contribution in [0, 0.1) is 6.92 Å². The van der Waals surface area contributed by atoms with Crippen LogP contribution in [0.4, 0.5) is 0 Å². The molecule has 3 aromatic carbocycles. The second-order valence-electron chi connectivity index (χ2n) is 7.28. The maximum absolute atomic E-state index is 6.41. The van der Waals surface area contributed by atoms with Crippen LogP contribution in [-0.2, 0) is 6.42 Å². The van der Waals surface area contributed by atoms with E-state index in [9.17, 15) is 0 Å². The van der Waals surface area contributed by atoms with E-state index in [4.69, 9.17) is 17.3 Å². The first-order chi connectivity index (χ1) is 13.7. The maximum Gasteiger partial charge on any atom is 0.0503 e. The van der Waals surface area contributed by atoms with E-state index < -0.39 is 0 Å². The predicted molar refractivity (Wildman–Crippen MR) is 121 cm³/mol. The maximum atomic E-state index is 6.41. The highest BCUT2D eigenvalue weighted by molar-refractivity contribution is 6.31. The van der Waals surface area contributed by atoms with Gasteiger partial charge < -0.3 is 10.7 Å². The second kappa shape index (κ2) is 8.22. The lowest BCUT2D eigenvalue weighted by Crippen LogP contribution is -1.99. The summed E-state index contributed by atoms with van der Waals surface area (Å²) in [5.74, 6) is 0. The number of nitrogens with one attached hydrogen (secondary N) is 1. The first-order valence-electron chi connectivity index (χ1n) is 9.84. The summed E-state index contributed by atoms with van der Waals surface area (Å²) in [6.45, 7) is 2.83. The Morgan fingerprint density at radius 1 is 0.893 bits per heavy atom. The van der Waals surface area contributed by atoms with E-state index in [-0.39, 0.29) is 0 Å². The van der Waals surface area contributed by atoms with Crippen molar-refractivity contribution in [3.05, 3.63) is 82.9 Å². The number of benzene rings is 3. The topological polar surface area (TPSA) is 41.8 Å². The van der Waals surface area contributed by atoms with Crippen molar-refractivity contribution in [2.45, 2.75) is 26.2 Å². The summed E-state index contributed by atoms with van der Waals surface area (Å²) >= 11 is 6.41. The first-order valence-corrected chi connectivity index (χ1v) is 10.2. The van der Waals surface area contributed by atoms with Gasteiger partial charge in [0.25, 0.3) is 0 Å². The summed E-state index contributed by atoms with van der Waals surface area (Å²) in [5, 5.41) is 2.01. The molecule has 0 unspecified atom stereocenters. The van der Waals surface area contributed by atoms with E-state index in [1.165, 1.54) is 44.4 Å². The Morgan fingerprint density at radius 3 is 2.36 bits per heavy atom. The molecule has 142 valence electrons. The van der Waals surface area contributed by atoms with Crippen LogP contribution in [0.15, 0.2) is 66.7 Å². The minimum absolute atomic E-state index is 0.720. The first kappa shape index (κ1) is 18.8. The van der Waals surface area contributed by atoms with Crippen LogP contribution >= 0.6 is 11.6 Å². The third-order valence-corrected chi connectivity index (χ3v) is 5.56. The van der Waals surface area contributed by atoms with Gasteiger partial charge in [-0.05, 0) is 67.1 Å². The van der Waals surface area contributed by atoms with Crippen molar-refractivity contribution in [2.75, 3.05) is 6.54 Å². The number of hydrogen-bond donors (Lipinski definition) is 2. The quantitative estimate of drug-likeness (QED) is 0.352. The molecule has 1 aromatic heterocycles. The zero-order chi connectivity index (χ0) is 19.5. The minimum Gasteiger partial charge on any atom is -0.354 e. The van der Waals surface area contributed by atoms with Gasteiger partial charge in [0, 0.05) is 21.5 Å². The summed E-state index contributed by atoms with van der Waals surface area (Å²) in [5.41, 5.74) is 14.3. The number of aromatic nitrogens is 1. The highest BCUT2D eigenvalue weighted by atomic mass is 35.5. The third kappa shape index (κ3) is 3.58. The van der Waals surface area contributed by atoms with Gasteiger partial charge in [0.05, 0.1) is 5.69 Å². The molecule has 28 heavy (non-hydrogen) atoms. The normalized spacial score (nSPS) is 11.2. The molecule has 0 bridgehead atoms. The molecule has 4 aromatic rings. The van der Waals surface area contributed by atoms with Gasteiger partial charge in [0.1, 0.15) is 0 Å². The Hall–Kier alpha value is -2.55. The predicted octanol–water partition coefficient (Wildman–Crippen LogP) is 6.75. The van der Waals surface area contributed by atoms with Gasteiger partial charge in [-0.15, -0.1) is 0 Å². The Kier molecular flexibility index (Phi) is 5.52. The number of aromatic amines is 1. The van der Waals surface area contributed by atoms with Crippen LogP contribution in [0.3, 0.4) is 0 Å². The van der Waals surface area contributed by atoms with Gasteiger partial charge in [-0.1, -0.05) is 66.2 Å². The number of unbranched alkanes of at least 4 members (excludes halogenated alkanes) is 1. The SMILES string of the molecule is Cc1cc(Cl)cc2c(CCCCN)c(-c3ccccc3-c3ccccc3)[nH]c12. The van der Waals surface area contributed by atoms with Gasteiger partial charge in [-0.3, -0.25) is 0 Å². The van der Waals surface area contributed by atoms with Gasteiger partial charge in [0.2, 0.25) is 0 Å².